The summed E-state index contributed by atoms with van der Waals surface area (Å²) in [5.74, 6) is 2.54. The van der Waals surface area contributed by atoms with Gasteiger partial charge < -0.3 is 10.2 Å². The van der Waals surface area contributed by atoms with Crippen LogP contribution in [0.5, 0.6) is 0 Å². The number of nitrogens with one attached hydrogen (secondary N) is 1. The molecule has 0 aromatic rings. The van der Waals surface area contributed by atoms with Crippen LogP contribution in [0.4, 0.5) is 0 Å². The van der Waals surface area contributed by atoms with Gasteiger partial charge in [-0.15, -0.1) is 0 Å². The molecule has 0 spiro atoms. The third-order valence-corrected chi connectivity index (χ3v) is 6.00. The molecule has 2 fully saturated rings. The van der Waals surface area contributed by atoms with Crippen molar-refractivity contribution < 1.29 is 0 Å². The van der Waals surface area contributed by atoms with Crippen molar-refractivity contribution in [3.05, 3.63) is 0 Å². The SMILES string of the molecule is CCNC1CCC(C(C)C)CC1N1CC(C)C(N(C)C)C1. The molecule has 1 saturated carbocycles. The fourth-order valence-electron chi connectivity index (χ4n) is 4.62. The van der Waals surface area contributed by atoms with Crippen molar-refractivity contribution in [2.24, 2.45) is 17.8 Å². The first-order chi connectivity index (χ1) is 9.93. The Morgan fingerprint density at radius 3 is 2.43 bits per heavy atom. The van der Waals surface area contributed by atoms with E-state index in [9.17, 15) is 0 Å². The van der Waals surface area contributed by atoms with Crippen LogP contribution >= 0.6 is 0 Å². The van der Waals surface area contributed by atoms with Crippen molar-refractivity contribution in [1.29, 1.82) is 0 Å². The number of hydrogen-bond acceptors (Lipinski definition) is 3. The van der Waals surface area contributed by atoms with Crippen molar-refractivity contribution in [2.75, 3.05) is 33.7 Å². The van der Waals surface area contributed by atoms with E-state index in [2.05, 4.69) is 56.9 Å². The molecule has 0 aromatic carbocycles. The third-order valence-electron chi connectivity index (χ3n) is 6.00. The molecule has 3 heteroatoms. The molecule has 1 N–H and O–H groups in total. The predicted octanol–water partition coefficient (Wildman–Crippen LogP) is 2.67. The standard InChI is InChI=1S/C18H37N3/c1-7-19-16-9-8-15(13(2)3)10-17(16)21-11-14(4)18(12-21)20(5)6/h13-19H,7-12H2,1-6H3. The van der Waals surface area contributed by atoms with Gasteiger partial charge in [0.15, 0.2) is 0 Å². The quantitative estimate of drug-likeness (QED) is 0.841. The third kappa shape index (κ3) is 4.00. The summed E-state index contributed by atoms with van der Waals surface area (Å²) in [5, 5.41) is 3.77. The van der Waals surface area contributed by atoms with Crippen LogP contribution in [-0.2, 0) is 0 Å². The molecule has 1 heterocycles. The van der Waals surface area contributed by atoms with Crippen molar-refractivity contribution in [3.8, 4) is 0 Å². The minimum absolute atomic E-state index is 0.707. The molecule has 0 aromatic heterocycles. The highest BCUT2D eigenvalue weighted by molar-refractivity contribution is 4.97. The first-order valence-corrected chi connectivity index (χ1v) is 9.07. The van der Waals surface area contributed by atoms with Gasteiger partial charge in [0, 0.05) is 31.2 Å². The first-order valence-electron chi connectivity index (χ1n) is 9.07. The molecular formula is C18H37N3. The Morgan fingerprint density at radius 2 is 1.90 bits per heavy atom. The van der Waals surface area contributed by atoms with E-state index >= 15 is 0 Å². The molecule has 124 valence electrons. The van der Waals surface area contributed by atoms with Crippen LogP contribution in [0.25, 0.3) is 0 Å². The highest BCUT2D eigenvalue weighted by Gasteiger charge is 2.40. The predicted molar refractivity (Wildman–Crippen MR) is 91.6 cm³/mol. The first kappa shape index (κ1) is 17.2. The highest BCUT2D eigenvalue weighted by atomic mass is 15.3. The van der Waals surface area contributed by atoms with Gasteiger partial charge >= 0.3 is 0 Å². The molecule has 5 unspecified atom stereocenters. The molecule has 2 rings (SSSR count). The van der Waals surface area contributed by atoms with Crippen LogP contribution in [0.2, 0.25) is 0 Å². The van der Waals surface area contributed by atoms with Crippen molar-refractivity contribution in [3.63, 3.8) is 0 Å². The van der Waals surface area contributed by atoms with Crippen molar-refractivity contribution in [2.45, 2.75) is 65.1 Å². The minimum atomic E-state index is 0.707. The number of hydrogen-bond donors (Lipinski definition) is 1. The van der Waals surface area contributed by atoms with Crippen molar-refractivity contribution >= 4 is 0 Å². The molecule has 3 nitrogen and oxygen atoms in total. The van der Waals surface area contributed by atoms with Gasteiger partial charge in [-0.1, -0.05) is 27.7 Å². The molecule has 0 bridgehead atoms. The van der Waals surface area contributed by atoms with Gasteiger partial charge in [-0.2, -0.15) is 0 Å². The Morgan fingerprint density at radius 1 is 1.19 bits per heavy atom. The number of likely N-dealkylation sites (N-methyl/N-ethyl adjacent to an activating group) is 2. The van der Waals surface area contributed by atoms with E-state index in [4.69, 9.17) is 0 Å². The summed E-state index contributed by atoms with van der Waals surface area (Å²) in [7, 11) is 4.48. The van der Waals surface area contributed by atoms with Crippen molar-refractivity contribution in [1.82, 2.24) is 15.1 Å². The Bertz CT molecular complexity index is 316. The minimum Gasteiger partial charge on any atom is -0.313 e. The van der Waals surface area contributed by atoms with Crippen LogP contribution in [0, 0.1) is 17.8 Å². The van der Waals surface area contributed by atoms with E-state index in [-0.39, 0.29) is 0 Å². The largest absolute Gasteiger partial charge is 0.313 e. The highest BCUT2D eigenvalue weighted by Crippen LogP contribution is 2.35. The Kier molecular flexibility index (Phi) is 6.10. The fraction of sp³-hybridized carbons (Fsp3) is 1.00. The van der Waals surface area contributed by atoms with E-state index in [1.165, 1.54) is 32.4 Å². The zero-order chi connectivity index (χ0) is 15.6. The zero-order valence-corrected chi connectivity index (χ0v) is 15.1. The molecular weight excluding hydrogens is 258 g/mol. The number of likely N-dealkylation sites (tertiary alicyclic amines) is 1. The smallest absolute Gasteiger partial charge is 0.0254 e. The normalized spacial score (nSPS) is 38.6. The average molecular weight is 296 g/mol. The molecule has 0 amide bonds. The summed E-state index contributed by atoms with van der Waals surface area (Å²) in [6.45, 7) is 13.1. The second-order valence-corrected chi connectivity index (χ2v) is 8.01. The molecule has 0 radical (unpaired) electrons. The van der Waals surface area contributed by atoms with Crippen LogP contribution < -0.4 is 5.32 Å². The molecule has 1 aliphatic heterocycles. The van der Waals surface area contributed by atoms with Crippen LogP contribution in [0.15, 0.2) is 0 Å². The van der Waals surface area contributed by atoms with Crippen LogP contribution in [0.1, 0.15) is 47.0 Å². The van der Waals surface area contributed by atoms with Gasteiger partial charge in [-0.25, -0.2) is 0 Å². The fourth-order valence-corrected chi connectivity index (χ4v) is 4.62. The second kappa shape index (κ2) is 7.43. The topological polar surface area (TPSA) is 18.5 Å². The maximum Gasteiger partial charge on any atom is 0.0254 e. The van der Waals surface area contributed by atoms with E-state index in [1.807, 2.05) is 0 Å². The number of nitrogens with zero attached hydrogens (tertiary/aromatic N) is 2. The Hall–Kier alpha value is -0.120. The maximum atomic E-state index is 3.77. The van der Waals surface area contributed by atoms with Gasteiger partial charge in [-0.3, -0.25) is 4.90 Å². The summed E-state index contributed by atoms with van der Waals surface area (Å²) in [6.07, 6.45) is 4.16. The Labute approximate surface area is 132 Å². The van der Waals surface area contributed by atoms with E-state index in [1.54, 1.807) is 0 Å². The van der Waals surface area contributed by atoms with E-state index in [0.29, 0.717) is 6.04 Å². The summed E-state index contributed by atoms with van der Waals surface area (Å²) in [4.78, 5) is 5.23. The lowest BCUT2D eigenvalue weighted by Gasteiger charge is -2.43. The lowest BCUT2D eigenvalue weighted by Crippen LogP contribution is -2.53. The molecule has 5 atom stereocenters. The summed E-state index contributed by atoms with van der Waals surface area (Å²) in [6, 6.07) is 2.18. The average Bonchev–Trinajstić information content (AvgIpc) is 2.81. The van der Waals surface area contributed by atoms with Crippen LogP contribution in [-0.4, -0.2) is 61.7 Å². The van der Waals surface area contributed by atoms with Gasteiger partial charge in [0.25, 0.3) is 0 Å². The second-order valence-electron chi connectivity index (χ2n) is 8.01. The lowest BCUT2D eigenvalue weighted by atomic mass is 9.76. The van der Waals surface area contributed by atoms with Gasteiger partial charge in [-0.05, 0) is 57.7 Å². The molecule has 21 heavy (non-hydrogen) atoms. The maximum absolute atomic E-state index is 3.77. The summed E-state index contributed by atoms with van der Waals surface area (Å²) in [5.41, 5.74) is 0. The van der Waals surface area contributed by atoms with Gasteiger partial charge in [0.05, 0.1) is 0 Å². The van der Waals surface area contributed by atoms with E-state index in [0.717, 1.165) is 36.4 Å². The lowest BCUT2D eigenvalue weighted by molar-refractivity contribution is 0.0958. The summed E-state index contributed by atoms with van der Waals surface area (Å²) < 4.78 is 0. The molecule has 2 aliphatic rings. The monoisotopic (exact) mass is 295 g/mol. The molecule has 1 saturated heterocycles. The van der Waals surface area contributed by atoms with Crippen LogP contribution in [0.3, 0.4) is 0 Å². The number of rotatable bonds is 5. The molecule has 1 aliphatic carbocycles. The van der Waals surface area contributed by atoms with Gasteiger partial charge in [0.1, 0.15) is 0 Å². The Balaban J connectivity index is 2.05. The zero-order valence-electron chi connectivity index (χ0n) is 15.1. The summed E-state index contributed by atoms with van der Waals surface area (Å²) >= 11 is 0. The van der Waals surface area contributed by atoms with E-state index < -0.39 is 0 Å². The van der Waals surface area contributed by atoms with Gasteiger partial charge in [0.2, 0.25) is 0 Å².